The summed E-state index contributed by atoms with van der Waals surface area (Å²) in [5.41, 5.74) is 0.577. The number of fused-ring (bicyclic) bond motifs is 1. The number of carbonyl (C=O) groups is 1. The number of amides is 1. The van der Waals surface area contributed by atoms with Crippen molar-refractivity contribution in [1.29, 1.82) is 0 Å². The molecule has 0 N–H and O–H groups in total. The zero-order valence-electron chi connectivity index (χ0n) is 16.2. The van der Waals surface area contributed by atoms with E-state index in [1.807, 2.05) is 0 Å². The second-order valence-electron chi connectivity index (χ2n) is 6.96. The van der Waals surface area contributed by atoms with Gasteiger partial charge in [-0.2, -0.15) is 4.31 Å². The van der Waals surface area contributed by atoms with Crippen molar-refractivity contribution in [3.63, 3.8) is 0 Å². The minimum Gasteiger partial charge on any atom is -0.408 e. The van der Waals surface area contributed by atoms with Crippen LogP contribution in [0.5, 0.6) is 0 Å². The second-order valence-corrected chi connectivity index (χ2v) is 8.90. The van der Waals surface area contributed by atoms with Gasteiger partial charge in [-0.1, -0.05) is 18.2 Å². The fraction of sp³-hybridized carbons (Fsp3) is 0.263. The van der Waals surface area contributed by atoms with Gasteiger partial charge in [0.05, 0.1) is 15.3 Å². The number of rotatable bonds is 5. The number of nitrogens with zero attached hydrogens (tertiary/aromatic N) is 4. The lowest BCUT2D eigenvalue weighted by Gasteiger charge is -2.34. The molecule has 162 valence electrons. The van der Waals surface area contributed by atoms with Crippen molar-refractivity contribution in [1.82, 2.24) is 13.8 Å². The number of para-hydroxylation sites is 2. The van der Waals surface area contributed by atoms with Crippen molar-refractivity contribution < 1.29 is 22.6 Å². The Morgan fingerprint density at radius 3 is 2.48 bits per heavy atom. The summed E-state index contributed by atoms with van der Waals surface area (Å²) in [5, 5.41) is 10.9. The first-order valence-corrected chi connectivity index (χ1v) is 10.8. The Morgan fingerprint density at radius 2 is 1.77 bits per heavy atom. The lowest BCUT2D eigenvalue weighted by Crippen LogP contribution is -2.51. The Kier molecular flexibility index (Phi) is 5.33. The van der Waals surface area contributed by atoms with Crippen molar-refractivity contribution in [3.05, 3.63) is 69.2 Å². The molecule has 1 fully saturated rings. The van der Waals surface area contributed by atoms with Crippen LogP contribution >= 0.6 is 0 Å². The van der Waals surface area contributed by atoms with E-state index in [1.54, 1.807) is 24.3 Å². The molecule has 2 heterocycles. The number of non-ortho nitro benzene ring substituents is 1. The summed E-state index contributed by atoms with van der Waals surface area (Å²) in [6.45, 7) is 0.137. The average molecular weight is 446 g/mol. The number of benzene rings is 2. The molecule has 0 bridgehead atoms. The van der Waals surface area contributed by atoms with Gasteiger partial charge in [-0.3, -0.25) is 19.5 Å². The summed E-state index contributed by atoms with van der Waals surface area (Å²) in [4.78, 5) is 36.3. The number of hydrogen-bond donors (Lipinski definition) is 0. The van der Waals surface area contributed by atoms with Gasteiger partial charge in [-0.25, -0.2) is 13.2 Å². The van der Waals surface area contributed by atoms with Crippen LogP contribution in [-0.4, -0.2) is 59.2 Å². The number of sulfonamides is 1. The van der Waals surface area contributed by atoms with Gasteiger partial charge in [0, 0.05) is 38.3 Å². The highest BCUT2D eigenvalue weighted by Crippen LogP contribution is 2.22. The van der Waals surface area contributed by atoms with Crippen LogP contribution in [0.3, 0.4) is 0 Å². The zero-order chi connectivity index (χ0) is 22.2. The van der Waals surface area contributed by atoms with Crippen LogP contribution < -0.4 is 5.76 Å². The number of nitro benzene ring substituents is 1. The normalized spacial score (nSPS) is 15.3. The third kappa shape index (κ3) is 3.94. The van der Waals surface area contributed by atoms with Crippen molar-refractivity contribution in [2.75, 3.05) is 26.2 Å². The van der Waals surface area contributed by atoms with E-state index in [9.17, 15) is 28.1 Å². The van der Waals surface area contributed by atoms with Gasteiger partial charge >= 0.3 is 5.76 Å². The Balaban J connectivity index is 1.45. The molecule has 3 aromatic rings. The summed E-state index contributed by atoms with van der Waals surface area (Å²) in [6, 6.07) is 11.6. The van der Waals surface area contributed by atoms with Crippen LogP contribution in [0.15, 0.2) is 62.6 Å². The van der Waals surface area contributed by atoms with E-state index < -0.39 is 20.7 Å². The van der Waals surface area contributed by atoms with Crippen molar-refractivity contribution in [2.24, 2.45) is 0 Å². The predicted octanol–water partition coefficient (Wildman–Crippen LogP) is 1.04. The Hall–Kier alpha value is -3.51. The van der Waals surface area contributed by atoms with Gasteiger partial charge in [0.15, 0.2) is 5.58 Å². The molecular weight excluding hydrogens is 428 g/mol. The first-order chi connectivity index (χ1) is 14.8. The molecule has 0 aliphatic carbocycles. The van der Waals surface area contributed by atoms with Gasteiger partial charge in [0.2, 0.25) is 15.9 Å². The molecule has 1 amide bonds. The first kappa shape index (κ1) is 20.8. The molecule has 0 spiro atoms. The van der Waals surface area contributed by atoms with Crippen LogP contribution in [0, 0.1) is 10.1 Å². The number of hydrogen-bond acceptors (Lipinski definition) is 7. The highest BCUT2D eigenvalue weighted by atomic mass is 32.2. The van der Waals surface area contributed by atoms with Gasteiger partial charge in [-0.15, -0.1) is 0 Å². The third-order valence-corrected chi connectivity index (χ3v) is 7.02. The molecular formula is C19H18N4O7S. The number of carbonyl (C=O) groups excluding carboxylic acids is 1. The lowest BCUT2D eigenvalue weighted by atomic mass is 10.3. The summed E-state index contributed by atoms with van der Waals surface area (Å²) < 4.78 is 33.2. The SMILES string of the molecule is O=C(Cn1c(=O)oc2ccccc21)N1CCN(S(=O)(=O)c2cccc([N+](=O)[O-])c2)CC1. The Morgan fingerprint density at radius 1 is 1.06 bits per heavy atom. The summed E-state index contributed by atoms with van der Waals surface area (Å²) >= 11 is 0. The van der Waals surface area contributed by atoms with Gasteiger partial charge in [0.1, 0.15) is 6.54 Å². The number of aromatic nitrogens is 1. The van der Waals surface area contributed by atoms with Crippen LogP contribution in [-0.2, 0) is 21.4 Å². The molecule has 1 aromatic heterocycles. The highest BCUT2D eigenvalue weighted by Gasteiger charge is 2.31. The maximum atomic E-state index is 12.8. The van der Waals surface area contributed by atoms with Crippen LogP contribution in [0.1, 0.15) is 0 Å². The zero-order valence-corrected chi connectivity index (χ0v) is 17.0. The predicted molar refractivity (Wildman–Crippen MR) is 109 cm³/mol. The molecule has 11 nitrogen and oxygen atoms in total. The molecule has 0 saturated carbocycles. The molecule has 1 aliphatic rings. The monoisotopic (exact) mass is 446 g/mol. The fourth-order valence-corrected chi connectivity index (χ4v) is 4.95. The van der Waals surface area contributed by atoms with E-state index >= 15 is 0 Å². The summed E-state index contributed by atoms with van der Waals surface area (Å²) in [5.74, 6) is -0.970. The molecule has 1 saturated heterocycles. The van der Waals surface area contributed by atoms with Crippen LogP contribution in [0.25, 0.3) is 11.1 Å². The van der Waals surface area contributed by atoms with E-state index in [-0.39, 0.29) is 49.2 Å². The largest absolute Gasteiger partial charge is 0.420 e. The number of piperazine rings is 1. The van der Waals surface area contributed by atoms with Gasteiger partial charge in [-0.05, 0) is 18.2 Å². The standard InChI is InChI=1S/C19H18N4O7S/c24-18(13-22-16-6-1-2-7-17(16)30-19(22)25)20-8-10-21(11-9-20)31(28,29)15-5-3-4-14(12-15)23(26)27/h1-7,12H,8-11,13H2. The maximum absolute atomic E-state index is 12.8. The molecule has 0 radical (unpaired) electrons. The molecule has 2 aromatic carbocycles. The second kappa shape index (κ2) is 7.96. The average Bonchev–Trinajstić information content (AvgIpc) is 3.09. The molecule has 12 heteroatoms. The van der Waals surface area contributed by atoms with Crippen molar-refractivity contribution in [3.8, 4) is 0 Å². The Bertz CT molecular complexity index is 1320. The van der Waals surface area contributed by atoms with E-state index in [4.69, 9.17) is 4.42 Å². The van der Waals surface area contributed by atoms with Crippen LogP contribution in [0.4, 0.5) is 5.69 Å². The smallest absolute Gasteiger partial charge is 0.408 e. The molecule has 0 unspecified atom stereocenters. The first-order valence-electron chi connectivity index (χ1n) is 9.38. The highest BCUT2D eigenvalue weighted by molar-refractivity contribution is 7.89. The topological polar surface area (TPSA) is 136 Å². The van der Waals surface area contributed by atoms with E-state index in [0.717, 1.165) is 6.07 Å². The van der Waals surface area contributed by atoms with E-state index in [2.05, 4.69) is 0 Å². The van der Waals surface area contributed by atoms with E-state index in [0.29, 0.717) is 11.1 Å². The van der Waals surface area contributed by atoms with Gasteiger partial charge in [0.25, 0.3) is 5.69 Å². The van der Waals surface area contributed by atoms with Crippen molar-refractivity contribution >= 4 is 32.7 Å². The van der Waals surface area contributed by atoms with Crippen LogP contribution in [0.2, 0.25) is 0 Å². The van der Waals surface area contributed by atoms with Crippen molar-refractivity contribution in [2.45, 2.75) is 11.4 Å². The summed E-state index contributed by atoms with van der Waals surface area (Å²) in [7, 11) is -3.93. The maximum Gasteiger partial charge on any atom is 0.420 e. The molecule has 31 heavy (non-hydrogen) atoms. The molecule has 0 atom stereocenters. The molecule has 4 rings (SSSR count). The number of oxazole rings is 1. The number of nitro groups is 1. The quantitative estimate of drug-likeness (QED) is 0.422. The fourth-order valence-electron chi connectivity index (χ4n) is 3.48. The molecule has 1 aliphatic heterocycles. The van der Waals surface area contributed by atoms with E-state index in [1.165, 1.54) is 32.0 Å². The third-order valence-electron chi connectivity index (χ3n) is 5.12. The summed E-state index contributed by atoms with van der Waals surface area (Å²) in [6.07, 6.45) is 0. The van der Waals surface area contributed by atoms with Gasteiger partial charge < -0.3 is 9.32 Å². The Labute approximate surface area is 176 Å². The lowest BCUT2D eigenvalue weighted by molar-refractivity contribution is -0.385. The minimum atomic E-state index is -3.93. The minimum absolute atomic E-state index is 0.0395.